The van der Waals surface area contributed by atoms with E-state index in [9.17, 15) is 13.2 Å². The number of sulfonamides is 1. The SMILES string of the molecule is O=C(NCCCc1ccccc1)c1cccc(S(=O)(=O)NCc2ccccc2)c1. The van der Waals surface area contributed by atoms with Crippen molar-refractivity contribution in [1.29, 1.82) is 0 Å². The smallest absolute Gasteiger partial charge is 0.251 e. The van der Waals surface area contributed by atoms with Crippen LogP contribution in [-0.4, -0.2) is 20.9 Å². The van der Waals surface area contributed by atoms with Crippen LogP contribution < -0.4 is 10.0 Å². The molecule has 2 N–H and O–H groups in total. The molecule has 0 fully saturated rings. The minimum absolute atomic E-state index is 0.0744. The molecule has 0 saturated heterocycles. The maximum Gasteiger partial charge on any atom is 0.251 e. The summed E-state index contributed by atoms with van der Waals surface area (Å²) in [4.78, 5) is 12.5. The predicted octanol–water partition coefficient (Wildman–Crippen LogP) is 3.53. The molecule has 1 amide bonds. The number of aryl methyl sites for hydroxylation is 1. The first kappa shape index (κ1) is 20.8. The highest BCUT2D eigenvalue weighted by atomic mass is 32.2. The molecule has 0 radical (unpaired) electrons. The molecule has 0 atom stereocenters. The number of benzene rings is 3. The largest absolute Gasteiger partial charge is 0.352 e. The Labute approximate surface area is 171 Å². The van der Waals surface area contributed by atoms with Crippen molar-refractivity contribution >= 4 is 15.9 Å². The topological polar surface area (TPSA) is 75.3 Å². The van der Waals surface area contributed by atoms with Gasteiger partial charge < -0.3 is 5.32 Å². The van der Waals surface area contributed by atoms with Crippen LogP contribution in [0.5, 0.6) is 0 Å². The maximum atomic E-state index is 12.6. The number of amides is 1. The van der Waals surface area contributed by atoms with E-state index in [-0.39, 0.29) is 17.3 Å². The van der Waals surface area contributed by atoms with Gasteiger partial charge in [-0.3, -0.25) is 4.79 Å². The summed E-state index contributed by atoms with van der Waals surface area (Å²) >= 11 is 0. The molecule has 0 spiro atoms. The van der Waals surface area contributed by atoms with E-state index in [0.717, 1.165) is 18.4 Å². The maximum absolute atomic E-state index is 12.6. The van der Waals surface area contributed by atoms with Gasteiger partial charge in [-0.15, -0.1) is 0 Å². The summed E-state index contributed by atoms with van der Waals surface area (Å²) in [5.74, 6) is -0.279. The van der Waals surface area contributed by atoms with Crippen molar-refractivity contribution in [3.8, 4) is 0 Å². The van der Waals surface area contributed by atoms with Gasteiger partial charge in [-0.2, -0.15) is 0 Å². The second-order valence-corrected chi connectivity index (χ2v) is 8.45. The van der Waals surface area contributed by atoms with Crippen LogP contribution in [0.25, 0.3) is 0 Å². The van der Waals surface area contributed by atoms with Crippen LogP contribution in [0.4, 0.5) is 0 Å². The van der Waals surface area contributed by atoms with Gasteiger partial charge in [0, 0.05) is 18.7 Å². The highest BCUT2D eigenvalue weighted by Gasteiger charge is 2.16. The number of carbonyl (C=O) groups is 1. The Hall–Kier alpha value is -2.96. The number of nitrogens with one attached hydrogen (secondary N) is 2. The Kier molecular flexibility index (Phi) is 7.16. The molecular formula is C23H24N2O3S. The van der Waals surface area contributed by atoms with Gasteiger partial charge in [0.2, 0.25) is 10.0 Å². The molecule has 0 heterocycles. The summed E-state index contributed by atoms with van der Waals surface area (Å²) < 4.78 is 27.7. The van der Waals surface area contributed by atoms with Crippen molar-refractivity contribution in [1.82, 2.24) is 10.0 Å². The Bertz CT molecular complexity index is 1040. The van der Waals surface area contributed by atoms with Crippen molar-refractivity contribution < 1.29 is 13.2 Å². The third-order valence-corrected chi connectivity index (χ3v) is 5.89. The Morgan fingerprint density at radius 1 is 0.793 bits per heavy atom. The monoisotopic (exact) mass is 408 g/mol. The van der Waals surface area contributed by atoms with Crippen LogP contribution in [0, 0.1) is 0 Å². The molecule has 3 aromatic rings. The van der Waals surface area contributed by atoms with Gasteiger partial charge in [0.1, 0.15) is 0 Å². The third-order valence-electron chi connectivity index (χ3n) is 4.49. The van der Waals surface area contributed by atoms with E-state index in [4.69, 9.17) is 0 Å². The average molecular weight is 409 g/mol. The Morgan fingerprint density at radius 3 is 2.14 bits per heavy atom. The van der Waals surface area contributed by atoms with E-state index in [2.05, 4.69) is 22.2 Å². The Morgan fingerprint density at radius 2 is 1.45 bits per heavy atom. The fourth-order valence-electron chi connectivity index (χ4n) is 2.90. The van der Waals surface area contributed by atoms with Crippen molar-refractivity contribution in [3.05, 3.63) is 102 Å². The lowest BCUT2D eigenvalue weighted by molar-refractivity contribution is 0.0953. The van der Waals surface area contributed by atoms with Crippen LogP contribution >= 0.6 is 0 Å². The lowest BCUT2D eigenvalue weighted by atomic mass is 10.1. The van der Waals surface area contributed by atoms with Gasteiger partial charge in [-0.05, 0) is 42.2 Å². The molecular weight excluding hydrogens is 384 g/mol. The molecule has 0 bridgehead atoms. The average Bonchev–Trinajstić information content (AvgIpc) is 2.77. The highest BCUT2D eigenvalue weighted by molar-refractivity contribution is 7.89. The quantitative estimate of drug-likeness (QED) is 0.532. The first-order chi connectivity index (χ1) is 14.0. The molecule has 0 aliphatic carbocycles. The minimum atomic E-state index is -3.71. The minimum Gasteiger partial charge on any atom is -0.352 e. The van der Waals surface area contributed by atoms with Crippen molar-refractivity contribution in [3.63, 3.8) is 0 Å². The molecule has 0 unspecified atom stereocenters. The lowest BCUT2D eigenvalue weighted by Gasteiger charge is -2.09. The fraction of sp³-hybridized carbons (Fsp3) is 0.174. The molecule has 0 aliphatic heterocycles. The first-order valence-electron chi connectivity index (χ1n) is 9.50. The zero-order chi connectivity index (χ0) is 20.5. The van der Waals surface area contributed by atoms with Gasteiger partial charge in [0.15, 0.2) is 0 Å². The lowest BCUT2D eigenvalue weighted by Crippen LogP contribution is -2.26. The molecule has 0 aromatic heterocycles. The molecule has 3 aromatic carbocycles. The van der Waals surface area contributed by atoms with Gasteiger partial charge >= 0.3 is 0 Å². The summed E-state index contributed by atoms with van der Waals surface area (Å²) in [6, 6.07) is 25.4. The van der Waals surface area contributed by atoms with Gasteiger partial charge in [0.05, 0.1) is 4.90 Å². The van der Waals surface area contributed by atoms with Gasteiger partial charge in [-0.1, -0.05) is 66.7 Å². The number of hydrogen-bond acceptors (Lipinski definition) is 3. The summed E-state index contributed by atoms with van der Waals surface area (Å²) in [5, 5.41) is 2.85. The summed E-state index contributed by atoms with van der Waals surface area (Å²) in [6.07, 6.45) is 1.69. The van der Waals surface area contributed by atoms with Crippen LogP contribution in [0.1, 0.15) is 27.9 Å². The second kappa shape index (κ2) is 10.0. The fourth-order valence-corrected chi connectivity index (χ4v) is 3.97. The zero-order valence-electron chi connectivity index (χ0n) is 16.0. The van der Waals surface area contributed by atoms with Crippen molar-refractivity contribution in [2.45, 2.75) is 24.3 Å². The first-order valence-corrected chi connectivity index (χ1v) is 11.0. The van der Waals surface area contributed by atoms with Gasteiger partial charge in [-0.25, -0.2) is 13.1 Å². The zero-order valence-corrected chi connectivity index (χ0v) is 16.9. The van der Waals surface area contributed by atoms with E-state index in [1.165, 1.54) is 17.7 Å². The van der Waals surface area contributed by atoms with E-state index in [1.54, 1.807) is 12.1 Å². The third kappa shape index (κ3) is 6.27. The standard InChI is InChI=1S/C23H24N2O3S/c26-23(24-16-8-13-19-9-3-1-4-10-19)21-14-7-15-22(17-21)29(27,28)25-18-20-11-5-2-6-12-20/h1-7,9-12,14-15,17,25H,8,13,16,18H2,(H,24,26). The molecule has 29 heavy (non-hydrogen) atoms. The number of carbonyl (C=O) groups excluding carboxylic acids is 1. The van der Waals surface area contributed by atoms with Crippen molar-refractivity contribution in [2.24, 2.45) is 0 Å². The molecule has 0 saturated carbocycles. The van der Waals surface area contributed by atoms with Crippen LogP contribution in [0.2, 0.25) is 0 Å². The molecule has 5 nitrogen and oxygen atoms in total. The Balaban J connectivity index is 1.55. The normalized spacial score (nSPS) is 11.2. The highest BCUT2D eigenvalue weighted by Crippen LogP contribution is 2.12. The van der Waals surface area contributed by atoms with E-state index >= 15 is 0 Å². The van der Waals surface area contributed by atoms with E-state index < -0.39 is 10.0 Å². The molecule has 3 rings (SSSR count). The van der Waals surface area contributed by atoms with Crippen LogP contribution in [-0.2, 0) is 23.0 Å². The van der Waals surface area contributed by atoms with E-state index in [1.807, 2.05) is 48.5 Å². The van der Waals surface area contributed by atoms with E-state index in [0.29, 0.717) is 12.1 Å². The molecule has 0 aliphatic rings. The molecule has 6 heteroatoms. The number of hydrogen-bond donors (Lipinski definition) is 2. The summed E-state index contributed by atoms with van der Waals surface area (Å²) in [7, 11) is -3.71. The van der Waals surface area contributed by atoms with Gasteiger partial charge in [0.25, 0.3) is 5.91 Å². The van der Waals surface area contributed by atoms with Crippen LogP contribution in [0.3, 0.4) is 0 Å². The van der Waals surface area contributed by atoms with Crippen LogP contribution in [0.15, 0.2) is 89.8 Å². The molecule has 150 valence electrons. The second-order valence-electron chi connectivity index (χ2n) is 6.68. The number of rotatable bonds is 9. The summed E-state index contributed by atoms with van der Waals surface area (Å²) in [6.45, 7) is 0.718. The summed E-state index contributed by atoms with van der Waals surface area (Å²) in [5.41, 5.74) is 2.41. The van der Waals surface area contributed by atoms with Crippen molar-refractivity contribution in [2.75, 3.05) is 6.54 Å². The predicted molar refractivity (Wildman–Crippen MR) is 114 cm³/mol.